The first-order valence-corrected chi connectivity index (χ1v) is 7.24. The summed E-state index contributed by atoms with van der Waals surface area (Å²) in [5.74, 6) is 1.19. The van der Waals surface area contributed by atoms with E-state index >= 15 is 0 Å². The summed E-state index contributed by atoms with van der Waals surface area (Å²) >= 11 is 0. The van der Waals surface area contributed by atoms with Gasteiger partial charge in [-0.25, -0.2) is 0 Å². The number of rotatable bonds is 8. The molecule has 0 aromatic carbocycles. The Bertz CT molecular complexity index is 452. The molecule has 0 aliphatic heterocycles. The summed E-state index contributed by atoms with van der Waals surface area (Å²) in [7, 11) is 1.68. The van der Waals surface area contributed by atoms with E-state index in [0.29, 0.717) is 24.6 Å². The topological polar surface area (TPSA) is 71.9 Å². The lowest BCUT2D eigenvalue weighted by Gasteiger charge is -2.26. The third kappa shape index (κ3) is 3.37. The van der Waals surface area contributed by atoms with E-state index in [2.05, 4.69) is 43.9 Å². The molecule has 0 amide bonds. The zero-order valence-electron chi connectivity index (χ0n) is 13.2. The summed E-state index contributed by atoms with van der Waals surface area (Å²) in [6.45, 7) is 8.25. The van der Waals surface area contributed by atoms with Gasteiger partial charge in [0.05, 0.1) is 6.07 Å². The highest BCUT2D eigenvalue weighted by Crippen LogP contribution is 2.33. The molecule has 0 aliphatic rings. The van der Waals surface area contributed by atoms with Gasteiger partial charge in [-0.3, -0.25) is 0 Å². The van der Waals surface area contributed by atoms with Gasteiger partial charge in [-0.05, 0) is 24.7 Å². The molecule has 112 valence electrons. The molecular weight excluding hydrogens is 254 g/mol. The van der Waals surface area contributed by atoms with E-state index < -0.39 is 5.60 Å². The second kappa shape index (κ2) is 6.85. The average molecular weight is 279 g/mol. The molecule has 0 saturated carbocycles. The maximum absolute atomic E-state index is 8.92. The smallest absolute Gasteiger partial charge is 0.227 e. The number of methoxy groups -OCH3 is 1. The van der Waals surface area contributed by atoms with Crippen molar-refractivity contribution in [3.63, 3.8) is 0 Å². The third-order valence-electron chi connectivity index (χ3n) is 4.35. The summed E-state index contributed by atoms with van der Waals surface area (Å²) in [6.07, 6.45) is 3.59. The molecule has 1 heterocycles. The van der Waals surface area contributed by atoms with Crippen molar-refractivity contribution in [2.75, 3.05) is 7.11 Å². The van der Waals surface area contributed by atoms with E-state index in [-0.39, 0.29) is 5.41 Å². The van der Waals surface area contributed by atoms with Crippen LogP contribution in [0.25, 0.3) is 0 Å². The number of hydrogen-bond donors (Lipinski definition) is 0. The molecule has 0 fully saturated rings. The highest BCUT2D eigenvalue weighted by atomic mass is 16.5. The van der Waals surface area contributed by atoms with Gasteiger partial charge in [-0.2, -0.15) is 10.2 Å². The quantitative estimate of drug-likeness (QED) is 0.727. The van der Waals surface area contributed by atoms with Crippen LogP contribution in [0.5, 0.6) is 0 Å². The molecular formula is C15H25N3O2. The Morgan fingerprint density at radius 1 is 1.25 bits per heavy atom. The maximum atomic E-state index is 8.92. The van der Waals surface area contributed by atoms with Gasteiger partial charge >= 0.3 is 0 Å². The fourth-order valence-corrected chi connectivity index (χ4v) is 2.33. The van der Waals surface area contributed by atoms with Crippen LogP contribution in [-0.4, -0.2) is 17.3 Å². The van der Waals surface area contributed by atoms with Gasteiger partial charge in [0.2, 0.25) is 11.7 Å². The van der Waals surface area contributed by atoms with E-state index in [9.17, 15) is 0 Å². The van der Waals surface area contributed by atoms with Crippen molar-refractivity contribution in [3.05, 3.63) is 11.7 Å². The number of aromatic nitrogens is 2. The first-order chi connectivity index (χ1) is 9.49. The molecule has 0 saturated heterocycles. The number of nitrogens with zero attached hydrogens (tertiary/aromatic N) is 3. The Labute approximate surface area is 121 Å². The van der Waals surface area contributed by atoms with Crippen molar-refractivity contribution >= 4 is 0 Å². The first-order valence-electron chi connectivity index (χ1n) is 7.24. The van der Waals surface area contributed by atoms with Crippen LogP contribution in [0.1, 0.15) is 65.1 Å². The minimum Gasteiger partial charge on any atom is -0.370 e. The largest absolute Gasteiger partial charge is 0.370 e. The van der Waals surface area contributed by atoms with Gasteiger partial charge in [0.1, 0.15) is 5.60 Å². The molecule has 5 heteroatoms. The minimum absolute atomic E-state index is 0.118. The Balaban J connectivity index is 2.95. The lowest BCUT2D eigenvalue weighted by molar-refractivity contribution is -0.0306. The highest BCUT2D eigenvalue weighted by molar-refractivity contribution is 5.02. The van der Waals surface area contributed by atoms with E-state index in [1.807, 2.05) is 0 Å². The summed E-state index contributed by atoms with van der Waals surface area (Å²) in [5, 5.41) is 13.0. The van der Waals surface area contributed by atoms with Crippen LogP contribution < -0.4 is 0 Å². The molecule has 0 radical (unpaired) electrons. The Kier molecular flexibility index (Phi) is 5.70. The summed E-state index contributed by atoms with van der Waals surface area (Å²) in [4.78, 5) is 4.50. The monoisotopic (exact) mass is 279 g/mol. The minimum atomic E-state index is -0.473. The zero-order chi connectivity index (χ0) is 15.2. The molecule has 0 N–H and O–H groups in total. The lowest BCUT2D eigenvalue weighted by atomic mass is 9.81. The van der Waals surface area contributed by atoms with Crippen LogP contribution in [-0.2, 0) is 16.8 Å². The van der Waals surface area contributed by atoms with E-state index in [0.717, 1.165) is 19.3 Å². The van der Waals surface area contributed by atoms with Crippen molar-refractivity contribution in [3.8, 4) is 6.07 Å². The SMILES string of the molecule is CCC(C)(CC#N)Cc1nc(C(CC)(CC)OC)no1. The normalized spacial score (nSPS) is 14.8. The Hall–Kier alpha value is -1.41. The summed E-state index contributed by atoms with van der Waals surface area (Å²) < 4.78 is 11.0. The van der Waals surface area contributed by atoms with E-state index in [4.69, 9.17) is 14.5 Å². The predicted octanol–water partition coefficient (Wildman–Crippen LogP) is 3.60. The van der Waals surface area contributed by atoms with Gasteiger partial charge in [-0.1, -0.05) is 32.9 Å². The predicted molar refractivity (Wildman–Crippen MR) is 75.9 cm³/mol. The van der Waals surface area contributed by atoms with Gasteiger partial charge in [0.15, 0.2) is 0 Å². The maximum Gasteiger partial charge on any atom is 0.227 e. The summed E-state index contributed by atoms with van der Waals surface area (Å²) in [6, 6.07) is 2.24. The van der Waals surface area contributed by atoms with Crippen molar-refractivity contribution in [1.29, 1.82) is 5.26 Å². The number of hydrogen-bond acceptors (Lipinski definition) is 5. The molecule has 1 atom stereocenters. The highest BCUT2D eigenvalue weighted by Gasteiger charge is 2.34. The first kappa shape index (κ1) is 16.6. The summed E-state index contributed by atoms with van der Waals surface area (Å²) in [5.41, 5.74) is -0.591. The molecule has 5 nitrogen and oxygen atoms in total. The molecule has 1 unspecified atom stereocenters. The molecule has 0 bridgehead atoms. The van der Waals surface area contributed by atoms with Gasteiger partial charge < -0.3 is 9.26 Å². The molecule has 1 rings (SSSR count). The zero-order valence-corrected chi connectivity index (χ0v) is 13.2. The Morgan fingerprint density at radius 2 is 1.90 bits per heavy atom. The van der Waals surface area contributed by atoms with E-state index in [1.165, 1.54) is 0 Å². The van der Waals surface area contributed by atoms with Gasteiger partial charge in [0, 0.05) is 20.0 Å². The van der Waals surface area contributed by atoms with Crippen molar-refractivity contribution in [1.82, 2.24) is 10.1 Å². The second-order valence-electron chi connectivity index (χ2n) is 5.59. The van der Waals surface area contributed by atoms with Crippen LogP contribution in [0.4, 0.5) is 0 Å². The van der Waals surface area contributed by atoms with Gasteiger partial charge in [0.25, 0.3) is 0 Å². The number of nitriles is 1. The molecule has 1 aromatic rings. The molecule has 0 spiro atoms. The van der Waals surface area contributed by atoms with Crippen LogP contribution in [0.2, 0.25) is 0 Å². The Morgan fingerprint density at radius 3 is 2.35 bits per heavy atom. The molecule has 1 aromatic heterocycles. The standard InChI is InChI=1S/C15H25N3O2/c1-6-14(4,9-10-16)11-12-17-13(18-20-12)15(7-2,8-3)19-5/h6-9,11H2,1-5H3. The van der Waals surface area contributed by atoms with Crippen molar-refractivity contribution in [2.45, 2.75) is 65.4 Å². The van der Waals surface area contributed by atoms with Crippen LogP contribution in [0.15, 0.2) is 4.52 Å². The second-order valence-corrected chi connectivity index (χ2v) is 5.59. The van der Waals surface area contributed by atoms with Gasteiger partial charge in [-0.15, -0.1) is 0 Å². The fourth-order valence-electron chi connectivity index (χ4n) is 2.33. The van der Waals surface area contributed by atoms with Crippen molar-refractivity contribution < 1.29 is 9.26 Å². The van der Waals surface area contributed by atoms with E-state index in [1.54, 1.807) is 7.11 Å². The number of ether oxygens (including phenoxy) is 1. The van der Waals surface area contributed by atoms with Crippen LogP contribution >= 0.6 is 0 Å². The fraction of sp³-hybridized carbons (Fsp3) is 0.800. The molecule has 20 heavy (non-hydrogen) atoms. The molecule has 0 aliphatic carbocycles. The third-order valence-corrected chi connectivity index (χ3v) is 4.35. The average Bonchev–Trinajstić information content (AvgIpc) is 2.90. The van der Waals surface area contributed by atoms with Crippen molar-refractivity contribution in [2.24, 2.45) is 5.41 Å². The van der Waals surface area contributed by atoms with Crippen LogP contribution in [0, 0.1) is 16.7 Å². The van der Waals surface area contributed by atoms with Crippen LogP contribution in [0.3, 0.4) is 0 Å². The lowest BCUT2D eigenvalue weighted by Crippen LogP contribution is -2.28.